The minimum Gasteiger partial charge on any atom is -0.392 e. The normalized spacial score (nSPS) is 25.2. The van der Waals surface area contributed by atoms with E-state index in [1.807, 2.05) is 6.07 Å². The van der Waals surface area contributed by atoms with Crippen molar-refractivity contribution in [2.45, 2.75) is 31.8 Å². The molecule has 16 heavy (non-hydrogen) atoms. The first-order valence-corrected chi connectivity index (χ1v) is 5.63. The molecule has 0 saturated carbocycles. The predicted molar refractivity (Wildman–Crippen MR) is 57.5 cm³/mol. The molecule has 2 heterocycles. The molecule has 2 rings (SSSR count). The Morgan fingerprint density at radius 1 is 1.56 bits per heavy atom. The Hall–Kier alpha value is -1.57. The van der Waals surface area contributed by atoms with Gasteiger partial charge in [0.2, 0.25) is 5.91 Å². The van der Waals surface area contributed by atoms with E-state index in [9.17, 15) is 4.79 Å². The quantitative estimate of drug-likeness (QED) is 0.696. The molecular formula is C11H15N3O2. The van der Waals surface area contributed by atoms with Gasteiger partial charge in [-0.3, -0.25) is 4.79 Å². The molecular weight excluding hydrogens is 206 g/mol. The van der Waals surface area contributed by atoms with Gasteiger partial charge >= 0.3 is 0 Å². The summed E-state index contributed by atoms with van der Waals surface area (Å²) in [4.78, 5) is 18.5. The average Bonchev–Trinajstić information content (AvgIpc) is 2.83. The average molecular weight is 221 g/mol. The fourth-order valence-corrected chi connectivity index (χ4v) is 2.29. The predicted octanol–water partition coefficient (Wildman–Crippen LogP) is 0.913. The zero-order chi connectivity index (χ0) is 11.4. The molecule has 2 aliphatic heterocycles. The lowest BCUT2D eigenvalue weighted by molar-refractivity contribution is -0.132. The Labute approximate surface area is 94.7 Å². The maximum atomic E-state index is 11.5. The van der Waals surface area contributed by atoms with Crippen molar-refractivity contribution in [1.82, 2.24) is 4.90 Å². The first-order valence-electron chi connectivity index (χ1n) is 5.63. The molecule has 5 heteroatoms. The zero-order valence-electron chi connectivity index (χ0n) is 9.13. The molecule has 2 aliphatic rings. The molecule has 0 N–H and O–H groups in total. The van der Waals surface area contributed by atoms with E-state index in [0.717, 1.165) is 32.4 Å². The van der Waals surface area contributed by atoms with Crippen molar-refractivity contribution in [1.29, 1.82) is 5.26 Å². The zero-order valence-corrected chi connectivity index (χ0v) is 9.13. The molecule has 0 aromatic rings. The number of rotatable bonds is 2. The van der Waals surface area contributed by atoms with Crippen molar-refractivity contribution >= 4 is 12.1 Å². The highest BCUT2D eigenvalue weighted by molar-refractivity contribution is 5.78. The van der Waals surface area contributed by atoms with E-state index in [0.29, 0.717) is 5.92 Å². The van der Waals surface area contributed by atoms with Gasteiger partial charge in [-0.2, -0.15) is 5.26 Å². The third kappa shape index (κ3) is 2.32. The van der Waals surface area contributed by atoms with E-state index in [4.69, 9.17) is 10.1 Å². The van der Waals surface area contributed by atoms with Gasteiger partial charge in [0.1, 0.15) is 12.5 Å². The van der Waals surface area contributed by atoms with E-state index in [2.05, 4.69) is 5.16 Å². The molecule has 0 aliphatic carbocycles. The Bertz CT molecular complexity index is 319. The molecule has 0 aromatic heterocycles. The highest BCUT2D eigenvalue weighted by Gasteiger charge is 2.30. The van der Waals surface area contributed by atoms with Crippen LogP contribution in [0.5, 0.6) is 0 Å². The lowest BCUT2D eigenvalue weighted by Gasteiger charge is -2.33. The van der Waals surface area contributed by atoms with Crippen molar-refractivity contribution in [2.75, 3.05) is 13.1 Å². The fourth-order valence-electron chi connectivity index (χ4n) is 2.29. The van der Waals surface area contributed by atoms with Crippen LogP contribution in [0, 0.1) is 17.2 Å². The third-order valence-electron chi connectivity index (χ3n) is 3.26. The molecule has 1 atom stereocenters. The van der Waals surface area contributed by atoms with Crippen LogP contribution in [-0.4, -0.2) is 36.2 Å². The summed E-state index contributed by atoms with van der Waals surface area (Å²) in [5, 5.41) is 12.2. The second-order valence-electron chi connectivity index (χ2n) is 4.22. The smallest absolute Gasteiger partial charge is 0.236 e. The number of carbonyl (C=O) groups excluding carboxylic acids is 1. The second-order valence-corrected chi connectivity index (χ2v) is 4.22. The van der Waals surface area contributed by atoms with Crippen LogP contribution in [0.1, 0.15) is 25.7 Å². The van der Waals surface area contributed by atoms with E-state index < -0.39 is 0 Å². The van der Waals surface area contributed by atoms with Crippen molar-refractivity contribution in [3.05, 3.63) is 0 Å². The summed E-state index contributed by atoms with van der Waals surface area (Å²) in [6.07, 6.45) is 4.78. The Morgan fingerprint density at radius 2 is 2.31 bits per heavy atom. The van der Waals surface area contributed by atoms with Crippen LogP contribution in [-0.2, 0) is 9.63 Å². The van der Waals surface area contributed by atoms with Crippen LogP contribution >= 0.6 is 0 Å². The van der Waals surface area contributed by atoms with Gasteiger partial charge in [-0.1, -0.05) is 5.16 Å². The topological polar surface area (TPSA) is 65.7 Å². The van der Waals surface area contributed by atoms with Gasteiger partial charge in [-0.25, -0.2) is 0 Å². The summed E-state index contributed by atoms with van der Waals surface area (Å²) in [5.74, 6) is 0.443. The maximum absolute atomic E-state index is 11.5. The Balaban J connectivity index is 1.78. The minimum absolute atomic E-state index is 0.00624. The van der Waals surface area contributed by atoms with E-state index in [-0.39, 0.29) is 18.4 Å². The number of hydrogen-bond acceptors (Lipinski definition) is 4. The molecule has 1 unspecified atom stereocenters. The van der Waals surface area contributed by atoms with Gasteiger partial charge in [0.15, 0.2) is 0 Å². The number of likely N-dealkylation sites (tertiary alicyclic amines) is 1. The van der Waals surface area contributed by atoms with E-state index >= 15 is 0 Å². The summed E-state index contributed by atoms with van der Waals surface area (Å²) < 4.78 is 0. The van der Waals surface area contributed by atoms with E-state index in [1.165, 1.54) is 0 Å². The second kappa shape index (κ2) is 4.97. The summed E-state index contributed by atoms with van der Waals surface area (Å²) in [7, 11) is 0. The van der Waals surface area contributed by atoms with Gasteiger partial charge in [-0.05, 0) is 12.8 Å². The molecule has 0 aromatic carbocycles. The minimum atomic E-state index is -0.0514. The first-order chi connectivity index (χ1) is 7.81. The number of nitrogens with zero attached hydrogens (tertiary/aromatic N) is 3. The number of hydrogen-bond donors (Lipinski definition) is 0. The van der Waals surface area contributed by atoms with Crippen molar-refractivity contribution in [2.24, 2.45) is 11.1 Å². The highest BCUT2D eigenvalue weighted by Crippen LogP contribution is 2.26. The van der Waals surface area contributed by atoms with Gasteiger partial charge in [0.05, 0.1) is 6.07 Å². The fraction of sp³-hybridized carbons (Fsp3) is 0.727. The van der Waals surface area contributed by atoms with Crippen LogP contribution in [0.15, 0.2) is 5.16 Å². The van der Waals surface area contributed by atoms with Crippen LogP contribution in [0.3, 0.4) is 0 Å². The SMILES string of the molecule is N#CCC(=O)N1CCC(C2CC=NO2)CC1. The molecule has 1 fully saturated rings. The molecule has 0 radical (unpaired) electrons. The Kier molecular flexibility index (Phi) is 3.40. The molecule has 1 saturated heterocycles. The highest BCUT2D eigenvalue weighted by atomic mass is 16.6. The van der Waals surface area contributed by atoms with Crippen molar-refractivity contribution in [3.63, 3.8) is 0 Å². The number of amides is 1. The Morgan fingerprint density at radius 3 is 2.88 bits per heavy atom. The monoisotopic (exact) mass is 221 g/mol. The van der Waals surface area contributed by atoms with Gasteiger partial charge in [0.25, 0.3) is 0 Å². The summed E-state index contributed by atoms with van der Waals surface area (Å²) in [5.41, 5.74) is 0. The standard InChI is InChI=1S/C11H15N3O2/c12-5-1-11(15)14-7-3-9(4-8-14)10-2-6-13-16-10/h6,9-10H,1-4,7-8H2. The van der Waals surface area contributed by atoms with Crippen molar-refractivity contribution in [3.8, 4) is 6.07 Å². The molecule has 86 valence electrons. The van der Waals surface area contributed by atoms with Crippen LogP contribution in [0.25, 0.3) is 0 Å². The number of nitriles is 1. The van der Waals surface area contributed by atoms with Crippen LogP contribution in [0.2, 0.25) is 0 Å². The van der Waals surface area contributed by atoms with Gasteiger partial charge < -0.3 is 9.74 Å². The van der Waals surface area contributed by atoms with Crippen LogP contribution < -0.4 is 0 Å². The third-order valence-corrected chi connectivity index (χ3v) is 3.26. The van der Waals surface area contributed by atoms with E-state index in [1.54, 1.807) is 11.1 Å². The lowest BCUT2D eigenvalue weighted by atomic mass is 9.90. The molecule has 0 spiro atoms. The van der Waals surface area contributed by atoms with Crippen LogP contribution in [0.4, 0.5) is 0 Å². The number of piperidine rings is 1. The largest absolute Gasteiger partial charge is 0.392 e. The molecule has 5 nitrogen and oxygen atoms in total. The van der Waals surface area contributed by atoms with Gasteiger partial charge in [0, 0.05) is 31.6 Å². The number of carbonyl (C=O) groups is 1. The molecule has 1 amide bonds. The summed E-state index contributed by atoms with van der Waals surface area (Å²) >= 11 is 0. The summed E-state index contributed by atoms with van der Waals surface area (Å²) in [6.45, 7) is 1.48. The maximum Gasteiger partial charge on any atom is 0.236 e. The van der Waals surface area contributed by atoms with Gasteiger partial charge in [-0.15, -0.1) is 0 Å². The number of oxime groups is 1. The molecule has 0 bridgehead atoms. The lowest BCUT2D eigenvalue weighted by Crippen LogP contribution is -2.41. The van der Waals surface area contributed by atoms with Crippen molar-refractivity contribution < 1.29 is 9.63 Å². The first kappa shape index (κ1) is 10.9. The summed E-state index contributed by atoms with van der Waals surface area (Å²) in [6, 6.07) is 1.90.